The Morgan fingerprint density at radius 3 is 2.81 bits per heavy atom. The molecule has 2 unspecified atom stereocenters. The molecule has 1 aliphatic rings. The zero-order valence-electron chi connectivity index (χ0n) is 15.4. The van der Waals surface area contributed by atoms with Crippen LogP contribution in [0.2, 0.25) is 0 Å². The second kappa shape index (κ2) is 9.75. The van der Waals surface area contributed by atoms with E-state index in [4.69, 9.17) is 5.21 Å². The second-order valence-electron chi connectivity index (χ2n) is 6.60. The van der Waals surface area contributed by atoms with Crippen molar-refractivity contribution < 1.29 is 24.0 Å². The Morgan fingerprint density at radius 1 is 1.48 bits per heavy atom. The lowest BCUT2D eigenvalue weighted by atomic mass is 9.94. The first-order chi connectivity index (χ1) is 12.9. The highest BCUT2D eigenvalue weighted by Gasteiger charge is 2.41. The van der Waals surface area contributed by atoms with Crippen molar-refractivity contribution in [3.63, 3.8) is 0 Å². The molecule has 3 amide bonds. The van der Waals surface area contributed by atoms with E-state index in [2.05, 4.69) is 10.3 Å². The molecule has 3 atom stereocenters. The molecule has 150 valence electrons. The number of rotatable bonds is 8. The molecule has 0 aliphatic carbocycles. The summed E-state index contributed by atoms with van der Waals surface area (Å²) in [5.74, 6) is -3.42. The summed E-state index contributed by atoms with van der Waals surface area (Å²) in [6.45, 7) is 4.02. The maximum Gasteiger partial charge on any atom is 0.278 e. The monoisotopic (exact) mass is 400 g/mol. The molecule has 1 aliphatic heterocycles. The van der Waals surface area contributed by atoms with Gasteiger partial charge in [0.05, 0.1) is 11.6 Å². The number of hydroxylamine groups is 1. The molecule has 8 nitrogen and oxygen atoms in total. The van der Waals surface area contributed by atoms with Crippen molar-refractivity contribution in [3.05, 3.63) is 11.1 Å². The summed E-state index contributed by atoms with van der Waals surface area (Å²) in [5.41, 5.74) is 2.05. The number of nitrogens with one attached hydrogen (secondary N) is 2. The number of carbonyl (C=O) groups excluding carboxylic acids is 3. The summed E-state index contributed by atoms with van der Waals surface area (Å²) in [6.07, 6.45) is 0.361. The summed E-state index contributed by atoms with van der Waals surface area (Å²) in [6, 6.07) is -0.727. The third-order valence-corrected chi connectivity index (χ3v) is 5.46. The molecule has 1 fully saturated rings. The molecule has 27 heavy (non-hydrogen) atoms. The molecule has 0 aromatic carbocycles. The molecule has 2 rings (SSSR count). The maximum atomic E-state index is 14.4. The number of anilines is 1. The molecule has 10 heteroatoms. The van der Waals surface area contributed by atoms with E-state index in [9.17, 15) is 18.8 Å². The lowest BCUT2D eigenvalue weighted by Crippen LogP contribution is -2.49. The fourth-order valence-corrected chi connectivity index (χ4v) is 3.87. The SMILES string of the molecule is CCCCC(C(=O)N1CCC[C@H]1C(=O)Nc1nc(C)cs1)C(F)C(=O)NO. The van der Waals surface area contributed by atoms with Gasteiger partial charge < -0.3 is 10.2 Å². The van der Waals surface area contributed by atoms with Crippen molar-refractivity contribution in [2.24, 2.45) is 5.92 Å². The van der Waals surface area contributed by atoms with E-state index in [1.54, 1.807) is 5.38 Å². The van der Waals surface area contributed by atoms with E-state index < -0.39 is 29.9 Å². The quantitative estimate of drug-likeness (QED) is 0.457. The van der Waals surface area contributed by atoms with Crippen molar-refractivity contribution in [3.8, 4) is 0 Å². The second-order valence-corrected chi connectivity index (χ2v) is 7.46. The molecule has 0 radical (unpaired) electrons. The van der Waals surface area contributed by atoms with Gasteiger partial charge >= 0.3 is 0 Å². The number of aromatic nitrogens is 1. The number of amides is 3. The van der Waals surface area contributed by atoms with E-state index in [0.717, 1.165) is 12.1 Å². The van der Waals surface area contributed by atoms with E-state index in [1.165, 1.54) is 21.7 Å². The normalized spacial score (nSPS) is 18.8. The van der Waals surface area contributed by atoms with E-state index in [-0.39, 0.29) is 12.3 Å². The van der Waals surface area contributed by atoms with Crippen LogP contribution in [0.15, 0.2) is 5.38 Å². The lowest BCUT2D eigenvalue weighted by Gasteiger charge is -2.29. The predicted octanol–water partition coefficient (Wildman–Crippen LogP) is 2.03. The fraction of sp³-hybridized carbons (Fsp3) is 0.647. The summed E-state index contributed by atoms with van der Waals surface area (Å²) >= 11 is 1.29. The summed E-state index contributed by atoms with van der Waals surface area (Å²) in [4.78, 5) is 42.5. The largest absolute Gasteiger partial charge is 0.330 e. The number of likely N-dealkylation sites (tertiary alicyclic amines) is 1. The first kappa shape index (κ1) is 21.2. The van der Waals surface area contributed by atoms with Gasteiger partial charge in [0.25, 0.3) is 5.91 Å². The van der Waals surface area contributed by atoms with Gasteiger partial charge in [-0.1, -0.05) is 19.8 Å². The Hall–Kier alpha value is -2.07. The van der Waals surface area contributed by atoms with E-state index >= 15 is 0 Å². The number of hydrogen-bond acceptors (Lipinski definition) is 6. The summed E-state index contributed by atoms with van der Waals surface area (Å²) in [7, 11) is 0. The first-order valence-corrected chi connectivity index (χ1v) is 9.88. The standard InChI is InChI=1S/C17H25FN4O4S/c1-3-4-6-11(13(18)15(24)21-26)16(25)22-8-5-7-12(22)14(23)20-17-19-10(2)9-27-17/h9,11-13,26H,3-8H2,1-2H3,(H,21,24)(H,19,20,23)/t11?,12-,13?/m0/s1. The summed E-state index contributed by atoms with van der Waals surface area (Å²) < 4.78 is 14.4. The molecular formula is C17H25FN4O4S. The van der Waals surface area contributed by atoms with E-state index in [0.29, 0.717) is 30.9 Å². The van der Waals surface area contributed by atoms with Crippen LogP contribution in [0.5, 0.6) is 0 Å². The van der Waals surface area contributed by atoms with Crippen LogP contribution in [0.1, 0.15) is 44.7 Å². The van der Waals surface area contributed by atoms with Gasteiger partial charge in [-0.3, -0.25) is 19.6 Å². The van der Waals surface area contributed by atoms with Gasteiger partial charge in [-0.25, -0.2) is 14.9 Å². The number of unbranched alkanes of at least 4 members (excludes halogenated alkanes) is 1. The smallest absolute Gasteiger partial charge is 0.278 e. The molecule has 1 aromatic heterocycles. The third kappa shape index (κ3) is 5.23. The van der Waals surface area contributed by atoms with Crippen LogP contribution in [0.25, 0.3) is 0 Å². The first-order valence-electron chi connectivity index (χ1n) is 9.00. The van der Waals surface area contributed by atoms with Gasteiger partial charge in [-0.15, -0.1) is 11.3 Å². The highest BCUT2D eigenvalue weighted by Crippen LogP contribution is 2.26. The zero-order valence-corrected chi connectivity index (χ0v) is 16.2. The van der Waals surface area contributed by atoms with Crippen LogP contribution in [0, 0.1) is 12.8 Å². The average molecular weight is 400 g/mol. The molecule has 0 bridgehead atoms. The molecule has 0 spiro atoms. The van der Waals surface area contributed by atoms with Crippen molar-refractivity contribution in [1.29, 1.82) is 0 Å². The lowest BCUT2D eigenvalue weighted by molar-refractivity contribution is -0.148. The average Bonchev–Trinajstić information content (AvgIpc) is 3.29. The van der Waals surface area contributed by atoms with Gasteiger partial charge in [0.15, 0.2) is 11.3 Å². The Bertz CT molecular complexity index is 684. The Balaban J connectivity index is 2.12. The van der Waals surface area contributed by atoms with Crippen LogP contribution in [0.3, 0.4) is 0 Å². The van der Waals surface area contributed by atoms with Crippen LogP contribution in [0.4, 0.5) is 9.52 Å². The minimum atomic E-state index is -2.17. The molecule has 1 aromatic rings. The number of hydrogen-bond donors (Lipinski definition) is 3. The minimum absolute atomic E-state index is 0.167. The van der Waals surface area contributed by atoms with Crippen molar-refractivity contribution >= 4 is 34.2 Å². The van der Waals surface area contributed by atoms with Gasteiger partial charge in [0.1, 0.15) is 6.04 Å². The van der Waals surface area contributed by atoms with Crippen LogP contribution >= 0.6 is 11.3 Å². The topological polar surface area (TPSA) is 112 Å². The van der Waals surface area contributed by atoms with Crippen molar-refractivity contribution in [1.82, 2.24) is 15.4 Å². The Morgan fingerprint density at radius 2 is 2.22 bits per heavy atom. The number of alkyl halides is 1. The Kier molecular flexibility index (Phi) is 7.66. The zero-order chi connectivity index (χ0) is 20.0. The fourth-order valence-electron chi connectivity index (χ4n) is 3.18. The van der Waals surface area contributed by atoms with Gasteiger partial charge in [-0.05, 0) is 26.2 Å². The highest BCUT2D eigenvalue weighted by atomic mass is 32.1. The number of halogens is 1. The van der Waals surface area contributed by atoms with Crippen molar-refractivity contribution in [2.45, 2.75) is 58.2 Å². The van der Waals surface area contributed by atoms with Crippen LogP contribution in [-0.4, -0.2) is 51.6 Å². The molecule has 1 saturated heterocycles. The number of aryl methyl sites for hydroxylation is 1. The molecule has 3 N–H and O–H groups in total. The predicted molar refractivity (Wildman–Crippen MR) is 98.1 cm³/mol. The highest BCUT2D eigenvalue weighted by molar-refractivity contribution is 7.13. The van der Waals surface area contributed by atoms with Gasteiger partial charge in [0, 0.05) is 11.9 Å². The third-order valence-electron chi connectivity index (χ3n) is 4.59. The number of thiazole rings is 1. The van der Waals surface area contributed by atoms with Crippen LogP contribution in [-0.2, 0) is 14.4 Å². The molecular weight excluding hydrogens is 375 g/mol. The number of nitrogens with zero attached hydrogens (tertiary/aromatic N) is 2. The van der Waals surface area contributed by atoms with Crippen molar-refractivity contribution in [2.75, 3.05) is 11.9 Å². The van der Waals surface area contributed by atoms with E-state index in [1.807, 2.05) is 13.8 Å². The Labute approximate surface area is 161 Å². The van der Waals surface area contributed by atoms with Gasteiger partial charge in [0.2, 0.25) is 11.8 Å². The maximum absolute atomic E-state index is 14.4. The number of carbonyl (C=O) groups is 3. The molecule has 0 saturated carbocycles. The van der Waals surface area contributed by atoms with Crippen LogP contribution < -0.4 is 10.8 Å². The van der Waals surface area contributed by atoms with Gasteiger partial charge in [-0.2, -0.15) is 0 Å². The minimum Gasteiger partial charge on any atom is -0.330 e. The summed E-state index contributed by atoms with van der Waals surface area (Å²) in [5, 5.41) is 13.6. The molecule has 2 heterocycles.